The van der Waals surface area contributed by atoms with Crippen molar-refractivity contribution < 1.29 is 0 Å². The van der Waals surface area contributed by atoms with Gasteiger partial charge in [0.1, 0.15) is 5.82 Å². The summed E-state index contributed by atoms with van der Waals surface area (Å²) in [5, 5.41) is 3.22. The second-order valence-electron chi connectivity index (χ2n) is 5.36. The first-order valence-corrected chi connectivity index (χ1v) is 7.27. The van der Waals surface area contributed by atoms with Crippen LogP contribution in [0.1, 0.15) is 23.5 Å². The first-order chi connectivity index (χ1) is 9.88. The molecule has 0 aliphatic carbocycles. The summed E-state index contributed by atoms with van der Waals surface area (Å²) < 4.78 is 0. The maximum atomic E-state index is 4.59. The lowest BCUT2D eigenvalue weighted by molar-refractivity contribution is 0.770. The van der Waals surface area contributed by atoms with E-state index in [9.17, 15) is 0 Å². The lowest BCUT2D eigenvalue weighted by atomic mass is 9.99. The smallest absolute Gasteiger partial charge is 0.133 e. The fourth-order valence-electron chi connectivity index (χ4n) is 2.99. The Hall–Kier alpha value is -1.87. The summed E-state index contributed by atoms with van der Waals surface area (Å²) in [6, 6.07) is 15.0. The number of pyridine rings is 1. The highest BCUT2D eigenvalue weighted by molar-refractivity contribution is 5.48. The van der Waals surface area contributed by atoms with Gasteiger partial charge in [0.15, 0.2) is 0 Å². The fraction of sp³-hybridized carbons (Fsp3) is 0.353. The number of nitrogens with zero attached hydrogens (tertiary/aromatic N) is 2. The van der Waals surface area contributed by atoms with Gasteiger partial charge in [0, 0.05) is 37.3 Å². The van der Waals surface area contributed by atoms with Crippen molar-refractivity contribution in [3.8, 4) is 0 Å². The van der Waals surface area contributed by atoms with E-state index in [0.29, 0.717) is 5.92 Å². The van der Waals surface area contributed by atoms with Gasteiger partial charge in [-0.1, -0.05) is 36.4 Å². The third-order valence-electron chi connectivity index (χ3n) is 3.99. The van der Waals surface area contributed by atoms with Crippen LogP contribution in [0.5, 0.6) is 0 Å². The topological polar surface area (TPSA) is 28.2 Å². The highest BCUT2D eigenvalue weighted by Gasteiger charge is 2.25. The third-order valence-corrected chi connectivity index (χ3v) is 3.99. The highest BCUT2D eigenvalue weighted by atomic mass is 15.2. The van der Waals surface area contributed by atoms with Crippen LogP contribution in [0, 0.1) is 0 Å². The average molecular weight is 267 g/mol. The first-order valence-electron chi connectivity index (χ1n) is 7.27. The standard InChI is InChI=1S/C17H21N3/c1-18-12-15-8-5-10-19-17(15)20-11-9-16(13-20)14-6-3-2-4-7-14/h2-8,10,16,18H,9,11-13H2,1H3. The molecule has 3 rings (SSSR count). The summed E-state index contributed by atoms with van der Waals surface area (Å²) in [7, 11) is 1.98. The van der Waals surface area contributed by atoms with Crippen molar-refractivity contribution in [2.24, 2.45) is 0 Å². The van der Waals surface area contributed by atoms with E-state index in [0.717, 1.165) is 25.5 Å². The molecular weight excluding hydrogens is 246 g/mol. The van der Waals surface area contributed by atoms with E-state index in [4.69, 9.17) is 0 Å². The largest absolute Gasteiger partial charge is 0.356 e. The van der Waals surface area contributed by atoms with Crippen molar-refractivity contribution in [2.75, 3.05) is 25.0 Å². The Balaban J connectivity index is 1.77. The summed E-state index contributed by atoms with van der Waals surface area (Å²) in [6.45, 7) is 3.03. The molecule has 20 heavy (non-hydrogen) atoms. The van der Waals surface area contributed by atoms with Gasteiger partial charge < -0.3 is 10.2 Å². The summed E-state index contributed by atoms with van der Waals surface area (Å²) in [5.41, 5.74) is 2.73. The SMILES string of the molecule is CNCc1cccnc1N1CCC(c2ccccc2)C1. The molecule has 1 fully saturated rings. The van der Waals surface area contributed by atoms with Crippen LogP contribution in [0.2, 0.25) is 0 Å². The van der Waals surface area contributed by atoms with E-state index >= 15 is 0 Å². The van der Waals surface area contributed by atoms with Crippen molar-refractivity contribution >= 4 is 5.82 Å². The van der Waals surface area contributed by atoms with Gasteiger partial charge in [-0.3, -0.25) is 0 Å². The molecule has 0 amide bonds. The molecule has 0 spiro atoms. The summed E-state index contributed by atoms with van der Waals surface area (Å²) in [6.07, 6.45) is 3.10. The molecule has 3 nitrogen and oxygen atoms in total. The van der Waals surface area contributed by atoms with Crippen LogP contribution in [0.15, 0.2) is 48.7 Å². The maximum absolute atomic E-state index is 4.59. The first kappa shape index (κ1) is 13.1. The number of hydrogen-bond acceptors (Lipinski definition) is 3. The Labute approximate surface area is 120 Å². The zero-order valence-electron chi connectivity index (χ0n) is 11.9. The van der Waals surface area contributed by atoms with Crippen LogP contribution in [0.3, 0.4) is 0 Å². The molecule has 2 heterocycles. The molecular formula is C17H21N3. The van der Waals surface area contributed by atoms with Gasteiger partial charge in [-0.15, -0.1) is 0 Å². The summed E-state index contributed by atoms with van der Waals surface area (Å²) >= 11 is 0. The van der Waals surface area contributed by atoms with Gasteiger partial charge >= 0.3 is 0 Å². The molecule has 104 valence electrons. The van der Waals surface area contributed by atoms with Gasteiger partial charge in [-0.2, -0.15) is 0 Å². The molecule has 2 aromatic rings. The Morgan fingerprint density at radius 1 is 1.20 bits per heavy atom. The van der Waals surface area contributed by atoms with Crippen molar-refractivity contribution in [2.45, 2.75) is 18.9 Å². The minimum absolute atomic E-state index is 0.626. The number of rotatable bonds is 4. The number of aromatic nitrogens is 1. The maximum Gasteiger partial charge on any atom is 0.133 e. The highest BCUT2D eigenvalue weighted by Crippen LogP contribution is 2.31. The van der Waals surface area contributed by atoms with E-state index < -0.39 is 0 Å². The third kappa shape index (κ3) is 2.68. The molecule has 1 aromatic heterocycles. The van der Waals surface area contributed by atoms with Crippen LogP contribution >= 0.6 is 0 Å². The molecule has 0 saturated carbocycles. The Bertz CT molecular complexity index is 553. The van der Waals surface area contributed by atoms with Crippen LogP contribution in [0.25, 0.3) is 0 Å². The van der Waals surface area contributed by atoms with Crippen molar-refractivity contribution in [3.05, 3.63) is 59.8 Å². The van der Waals surface area contributed by atoms with Crippen molar-refractivity contribution in [3.63, 3.8) is 0 Å². The van der Waals surface area contributed by atoms with Gasteiger partial charge in [0.05, 0.1) is 0 Å². The predicted molar refractivity (Wildman–Crippen MR) is 83.0 cm³/mol. The summed E-state index contributed by atoms with van der Waals surface area (Å²) in [5.74, 6) is 1.76. The minimum Gasteiger partial charge on any atom is -0.356 e. The lowest BCUT2D eigenvalue weighted by Crippen LogP contribution is -2.23. The lowest BCUT2D eigenvalue weighted by Gasteiger charge is -2.20. The zero-order valence-corrected chi connectivity index (χ0v) is 11.9. The molecule has 0 bridgehead atoms. The molecule has 1 aromatic carbocycles. The molecule has 1 aliphatic rings. The molecule has 1 N–H and O–H groups in total. The molecule has 1 aliphatic heterocycles. The molecule has 1 atom stereocenters. The van der Waals surface area contributed by atoms with Crippen LogP contribution in [-0.2, 0) is 6.54 Å². The molecule has 3 heteroatoms. The molecule has 1 saturated heterocycles. The number of hydrogen-bond donors (Lipinski definition) is 1. The number of benzene rings is 1. The number of anilines is 1. The average Bonchev–Trinajstić information content (AvgIpc) is 2.99. The van der Waals surface area contributed by atoms with Gasteiger partial charge in [0.25, 0.3) is 0 Å². The van der Waals surface area contributed by atoms with Gasteiger partial charge in [0.2, 0.25) is 0 Å². The Morgan fingerprint density at radius 2 is 2.05 bits per heavy atom. The summed E-state index contributed by atoms with van der Waals surface area (Å²) in [4.78, 5) is 7.01. The van der Waals surface area contributed by atoms with Crippen LogP contribution < -0.4 is 10.2 Å². The zero-order chi connectivity index (χ0) is 13.8. The van der Waals surface area contributed by atoms with Crippen molar-refractivity contribution in [1.29, 1.82) is 0 Å². The Kier molecular flexibility index (Phi) is 3.97. The van der Waals surface area contributed by atoms with E-state index in [1.165, 1.54) is 17.5 Å². The monoisotopic (exact) mass is 267 g/mol. The quantitative estimate of drug-likeness (QED) is 0.923. The number of nitrogens with one attached hydrogen (secondary N) is 1. The van der Waals surface area contributed by atoms with Gasteiger partial charge in [-0.05, 0) is 25.1 Å². The van der Waals surface area contributed by atoms with E-state index in [1.807, 2.05) is 19.3 Å². The normalized spacial score (nSPS) is 18.4. The molecule has 1 unspecified atom stereocenters. The van der Waals surface area contributed by atoms with E-state index in [1.54, 1.807) is 0 Å². The second kappa shape index (κ2) is 6.06. The predicted octanol–water partition coefficient (Wildman–Crippen LogP) is 2.79. The van der Waals surface area contributed by atoms with Gasteiger partial charge in [-0.25, -0.2) is 4.98 Å². The second-order valence-corrected chi connectivity index (χ2v) is 5.36. The fourth-order valence-corrected chi connectivity index (χ4v) is 2.99. The van der Waals surface area contributed by atoms with Crippen molar-refractivity contribution in [1.82, 2.24) is 10.3 Å². The van der Waals surface area contributed by atoms with Crippen LogP contribution in [-0.4, -0.2) is 25.1 Å². The molecule has 0 radical (unpaired) electrons. The Morgan fingerprint density at radius 3 is 2.85 bits per heavy atom. The minimum atomic E-state index is 0.626. The van der Waals surface area contributed by atoms with E-state index in [2.05, 4.69) is 51.6 Å². The van der Waals surface area contributed by atoms with E-state index in [-0.39, 0.29) is 0 Å². The van der Waals surface area contributed by atoms with Crippen LogP contribution in [0.4, 0.5) is 5.82 Å².